The van der Waals surface area contributed by atoms with Crippen LogP contribution in [-0.2, 0) is 13.1 Å². The van der Waals surface area contributed by atoms with Gasteiger partial charge in [0.2, 0.25) is 0 Å². The molecule has 0 bridgehead atoms. The number of nitrogens with zero attached hydrogens (tertiary/aromatic N) is 2. The van der Waals surface area contributed by atoms with Gasteiger partial charge in [-0.1, -0.05) is 23.7 Å². The number of benzene rings is 1. The number of carbonyl (C=O) groups is 1. The fourth-order valence-electron chi connectivity index (χ4n) is 1.92. The third-order valence-electron chi connectivity index (χ3n) is 2.93. The number of amides is 1. The molecule has 0 aliphatic heterocycles. The zero-order chi connectivity index (χ0) is 14.4. The summed E-state index contributed by atoms with van der Waals surface area (Å²) in [5, 5.41) is 4.08. The minimum Gasteiger partial charge on any atom is -0.363 e. The van der Waals surface area contributed by atoms with Gasteiger partial charge in [0.15, 0.2) is 5.82 Å². The Morgan fingerprint density at radius 2 is 2.10 bits per heavy atom. The predicted molar refractivity (Wildman–Crippen MR) is 78.5 cm³/mol. The van der Waals surface area contributed by atoms with Crippen molar-refractivity contribution >= 4 is 17.5 Å². The molecule has 0 aliphatic rings. The third kappa shape index (κ3) is 4.08. The Hall–Kier alpha value is -1.85. The average Bonchev–Trinajstić information content (AvgIpc) is 2.89. The van der Waals surface area contributed by atoms with E-state index in [4.69, 9.17) is 17.3 Å². The molecule has 1 aromatic heterocycles. The van der Waals surface area contributed by atoms with E-state index < -0.39 is 5.91 Å². The third-order valence-corrected chi connectivity index (χ3v) is 3.18. The minimum absolute atomic E-state index is 0.308. The molecule has 1 aromatic carbocycles. The molecular weight excluding hydrogens is 276 g/mol. The molecule has 106 valence electrons. The van der Waals surface area contributed by atoms with Gasteiger partial charge in [0.25, 0.3) is 5.91 Å². The number of imidazole rings is 1. The first-order valence-corrected chi connectivity index (χ1v) is 6.80. The lowest BCUT2D eigenvalue weighted by atomic mass is 10.2. The first kappa shape index (κ1) is 14.6. The number of nitrogens with two attached hydrogens (primary N) is 1. The van der Waals surface area contributed by atoms with Gasteiger partial charge >= 0.3 is 0 Å². The van der Waals surface area contributed by atoms with Gasteiger partial charge in [-0.05, 0) is 30.7 Å². The smallest absolute Gasteiger partial charge is 0.284 e. The number of halogens is 1. The van der Waals surface area contributed by atoms with E-state index in [2.05, 4.69) is 10.3 Å². The number of primary amides is 1. The summed E-state index contributed by atoms with van der Waals surface area (Å²) in [6.45, 7) is 2.36. The maximum Gasteiger partial charge on any atom is 0.284 e. The van der Waals surface area contributed by atoms with Crippen molar-refractivity contribution in [2.45, 2.75) is 19.5 Å². The zero-order valence-electron chi connectivity index (χ0n) is 11.1. The average molecular weight is 293 g/mol. The van der Waals surface area contributed by atoms with Crippen molar-refractivity contribution in [2.24, 2.45) is 5.73 Å². The second-order valence-corrected chi connectivity index (χ2v) is 4.90. The van der Waals surface area contributed by atoms with Gasteiger partial charge < -0.3 is 15.6 Å². The van der Waals surface area contributed by atoms with Crippen molar-refractivity contribution in [3.05, 3.63) is 53.1 Å². The highest BCUT2D eigenvalue weighted by Gasteiger charge is 2.07. The van der Waals surface area contributed by atoms with Crippen LogP contribution in [0.5, 0.6) is 0 Å². The lowest BCUT2D eigenvalue weighted by Gasteiger charge is -2.07. The summed E-state index contributed by atoms with van der Waals surface area (Å²) in [5.74, 6) is -0.188. The van der Waals surface area contributed by atoms with Crippen LogP contribution in [-0.4, -0.2) is 22.0 Å². The first-order chi connectivity index (χ1) is 9.66. The Morgan fingerprint density at radius 1 is 1.35 bits per heavy atom. The summed E-state index contributed by atoms with van der Waals surface area (Å²) in [6.07, 6.45) is 4.24. The van der Waals surface area contributed by atoms with Gasteiger partial charge in [-0.25, -0.2) is 4.98 Å². The normalized spacial score (nSPS) is 10.7. The van der Waals surface area contributed by atoms with Crippen LogP contribution in [0.2, 0.25) is 5.02 Å². The van der Waals surface area contributed by atoms with Crippen LogP contribution in [0, 0.1) is 0 Å². The standard InChI is InChI=1S/C14H17ClN4O/c15-12-4-2-11(3-5-12)10-17-6-1-8-19-9-7-18-14(19)13(16)20/h2-5,7,9,17H,1,6,8,10H2,(H2,16,20). The fraction of sp³-hybridized carbons (Fsp3) is 0.286. The molecule has 0 fully saturated rings. The van der Waals surface area contributed by atoms with E-state index in [0.29, 0.717) is 12.4 Å². The molecule has 0 saturated heterocycles. The van der Waals surface area contributed by atoms with Crippen molar-refractivity contribution in [1.82, 2.24) is 14.9 Å². The molecule has 1 heterocycles. The molecule has 0 radical (unpaired) electrons. The van der Waals surface area contributed by atoms with Crippen LogP contribution >= 0.6 is 11.6 Å². The van der Waals surface area contributed by atoms with Gasteiger partial charge in [-0.2, -0.15) is 0 Å². The molecule has 0 atom stereocenters. The molecule has 1 amide bonds. The molecule has 20 heavy (non-hydrogen) atoms. The number of rotatable bonds is 7. The van der Waals surface area contributed by atoms with Crippen LogP contribution < -0.4 is 11.1 Å². The van der Waals surface area contributed by atoms with E-state index in [1.165, 1.54) is 5.56 Å². The maximum absolute atomic E-state index is 11.1. The van der Waals surface area contributed by atoms with Crippen LogP contribution in [0.25, 0.3) is 0 Å². The second kappa shape index (κ2) is 7.07. The molecule has 3 N–H and O–H groups in total. The molecule has 5 nitrogen and oxygen atoms in total. The Labute approximate surface area is 122 Å². The summed E-state index contributed by atoms with van der Waals surface area (Å²) >= 11 is 5.83. The highest BCUT2D eigenvalue weighted by atomic mass is 35.5. The number of aryl methyl sites for hydroxylation is 1. The van der Waals surface area contributed by atoms with Crippen molar-refractivity contribution in [3.8, 4) is 0 Å². The van der Waals surface area contributed by atoms with Gasteiger partial charge in [0.1, 0.15) is 0 Å². The molecule has 0 saturated carbocycles. The highest BCUT2D eigenvalue weighted by Crippen LogP contribution is 2.09. The van der Waals surface area contributed by atoms with Crippen LogP contribution in [0.15, 0.2) is 36.7 Å². The monoisotopic (exact) mass is 292 g/mol. The Bertz CT molecular complexity index is 565. The molecule has 6 heteroatoms. The van der Waals surface area contributed by atoms with Crippen LogP contribution in [0.1, 0.15) is 22.6 Å². The topological polar surface area (TPSA) is 72.9 Å². The van der Waals surface area contributed by atoms with E-state index >= 15 is 0 Å². The van der Waals surface area contributed by atoms with E-state index in [-0.39, 0.29) is 0 Å². The SMILES string of the molecule is NC(=O)c1nccn1CCCNCc1ccc(Cl)cc1. The van der Waals surface area contributed by atoms with E-state index in [9.17, 15) is 4.79 Å². The van der Waals surface area contributed by atoms with Crippen molar-refractivity contribution in [1.29, 1.82) is 0 Å². The summed E-state index contributed by atoms with van der Waals surface area (Å²) in [4.78, 5) is 15.0. The lowest BCUT2D eigenvalue weighted by Crippen LogP contribution is -2.20. The van der Waals surface area contributed by atoms with Crippen molar-refractivity contribution in [2.75, 3.05) is 6.54 Å². The second-order valence-electron chi connectivity index (χ2n) is 4.47. The van der Waals surface area contributed by atoms with Crippen molar-refractivity contribution in [3.63, 3.8) is 0 Å². The fourth-order valence-corrected chi connectivity index (χ4v) is 2.05. The molecule has 2 aromatic rings. The minimum atomic E-state index is -0.496. The highest BCUT2D eigenvalue weighted by molar-refractivity contribution is 6.30. The molecule has 0 unspecified atom stereocenters. The Morgan fingerprint density at radius 3 is 2.80 bits per heavy atom. The van der Waals surface area contributed by atoms with E-state index in [1.54, 1.807) is 17.0 Å². The summed E-state index contributed by atoms with van der Waals surface area (Å²) in [6, 6.07) is 7.75. The van der Waals surface area contributed by atoms with Crippen LogP contribution in [0.4, 0.5) is 0 Å². The van der Waals surface area contributed by atoms with Gasteiger partial charge in [0.05, 0.1) is 0 Å². The van der Waals surface area contributed by atoms with E-state index in [0.717, 1.165) is 24.5 Å². The maximum atomic E-state index is 11.1. The molecular formula is C14H17ClN4O. The Balaban J connectivity index is 1.70. The van der Waals surface area contributed by atoms with Gasteiger partial charge in [-0.3, -0.25) is 4.79 Å². The molecule has 0 aliphatic carbocycles. The molecule has 0 spiro atoms. The summed E-state index contributed by atoms with van der Waals surface area (Å²) in [5.41, 5.74) is 6.42. The quantitative estimate of drug-likeness (QED) is 0.765. The summed E-state index contributed by atoms with van der Waals surface area (Å²) in [7, 11) is 0. The Kier molecular flexibility index (Phi) is 5.15. The van der Waals surface area contributed by atoms with Crippen molar-refractivity contribution < 1.29 is 4.79 Å². The van der Waals surface area contributed by atoms with Crippen LogP contribution in [0.3, 0.4) is 0 Å². The zero-order valence-corrected chi connectivity index (χ0v) is 11.8. The lowest BCUT2D eigenvalue weighted by molar-refractivity contribution is 0.0986. The number of hydrogen-bond donors (Lipinski definition) is 2. The number of aromatic nitrogens is 2. The van der Waals surface area contributed by atoms with Gasteiger partial charge in [0, 0.05) is 30.5 Å². The first-order valence-electron chi connectivity index (χ1n) is 6.43. The number of nitrogens with one attached hydrogen (secondary N) is 1. The van der Waals surface area contributed by atoms with E-state index in [1.807, 2.05) is 24.3 Å². The van der Waals surface area contributed by atoms with Gasteiger partial charge in [-0.15, -0.1) is 0 Å². The largest absolute Gasteiger partial charge is 0.363 e. The number of hydrogen-bond acceptors (Lipinski definition) is 3. The number of carbonyl (C=O) groups excluding carboxylic acids is 1. The predicted octanol–water partition coefficient (Wildman–Crippen LogP) is 1.82. The summed E-state index contributed by atoms with van der Waals surface area (Å²) < 4.78 is 1.77. The molecule has 2 rings (SSSR count).